The predicted molar refractivity (Wildman–Crippen MR) is 84.3 cm³/mol. The van der Waals surface area contributed by atoms with Crippen molar-refractivity contribution in [2.75, 3.05) is 18.8 Å². The quantitative estimate of drug-likeness (QED) is 0.846. The molecule has 3 nitrogen and oxygen atoms in total. The first-order valence-electron chi connectivity index (χ1n) is 7.15. The number of anilines is 1. The standard InChI is InChI=1S/C18H19NO2/c1-20-18-9-7-17(8-10-18)19-14-16(11-12-21-19)13-15-5-3-2-4-6-15/h2-10,14H,11-13H2,1H3. The van der Waals surface area contributed by atoms with Crippen LogP contribution in [0.2, 0.25) is 0 Å². The Kier molecular flexibility index (Phi) is 4.22. The fourth-order valence-corrected chi connectivity index (χ4v) is 2.41. The highest BCUT2D eigenvalue weighted by molar-refractivity contribution is 5.50. The van der Waals surface area contributed by atoms with Crippen LogP contribution in [0.5, 0.6) is 5.75 Å². The largest absolute Gasteiger partial charge is 0.497 e. The number of nitrogens with zero attached hydrogens (tertiary/aromatic N) is 1. The lowest BCUT2D eigenvalue weighted by atomic mass is 10.0. The summed E-state index contributed by atoms with van der Waals surface area (Å²) in [6, 6.07) is 18.4. The molecule has 2 aromatic carbocycles. The van der Waals surface area contributed by atoms with Gasteiger partial charge >= 0.3 is 0 Å². The molecule has 3 rings (SSSR count). The van der Waals surface area contributed by atoms with Gasteiger partial charge in [-0.15, -0.1) is 0 Å². The van der Waals surface area contributed by atoms with Crippen molar-refractivity contribution in [2.45, 2.75) is 12.8 Å². The first kappa shape index (κ1) is 13.7. The third-order valence-corrected chi connectivity index (χ3v) is 3.55. The highest BCUT2D eigenvalue weighted by atomic mass is 16.7. The van der Waals surface area contributed by atoms with Crippen LogP contribution in [0.4, 0.5) is 5.69 Å². The van der Waals surface area contributed by atoms with E-state index in [1.807, 2.05) is 35.4 Å². The maximum atomic E-state index is 5.72. The minimum Gasteiger partial charge on any atom is -0.497 e. The first-order valence-corrected chi connectivity index (χ1v) is 7.15. The zero-order valence-electron chi connectivity index (χ0n) is 12.2. The summed E-state index contributed by atoms with van der Waals surface area (Å²) in [6.45, 7) is 0.713. The van der Waals surface area contributed by atoms with Crippen molar-refractivity contribution in [3.63, 3.8) is 0 Å². The van der Waals surface area contributed by atoms with Crippen LogP contribution >= 0.6 is 0 Å². The van der Waals surface area contributed by atoms with Gasteiger partial charge in [-0.2, -0.15) is 0 Å². The molecule has 3 heteroatoms. The molecular weight excluding hydrogens is 262 g/mol. The summed E-state index contributed by atoms with van der Waals surface area (Å²) in [5.41, 5.74) is 3.73. The zero-order chi connectivity index (χ0) is 14.5. The third kappa shape index (κ3) is 3.44. The molecule has 0 saturated heterocycles. The Balaban J connectivity index is 1.75. The van der Waals surface area contributed by atoms with Crippen LogP contribution in [0.15, 0.2) is 66.4 Å². The van der Waals surface area contributed by atoms with Crippen LogP contribution in [0.1, 0.15) is 12.0 Å². The second kappa shape index (κ2) is 6.46. The molecule has 0 bridgehead atoms. The number of rotatable bonds is 4. The number of methoxy groups -OCH3 is 1. The van der Waals surface area contributed by atoms with Gasteiger partial charge in [0.05, 0.1) is 19.4 Å². The SMILES string of the molecule is COc1ccc(N2C=C(Cc3ccccc3)CCO2)cc1. The molecular formula is C18H19NO2. The fourth-order valence-electron chi connectivity index (χ4n) is 2.41. The Morgan fingerprint density at radius 2 is 1.81 bits per heavy atom. The number of hydroxylamine groups is 1. The molecule has 0 aromatic heterocycles. The average Bonchev–Trinajstić information content (AvgIpc) is 2.56. The lowest BCUT2D eigenvalue weighted by Gasteiger charge is -2.26. The number of benzene rings is 2. The molecule has 108 valence electrons. The van der Waals surface area contributed by atoms with E-state index < -0.39 is 0 Å². The highest BCUT2D eigenvalue weighted by Crippen LogP contribution is 2.25. The molecule has 0 aliphatic carbocycles. The van der Waals surface area contributed by atoms with Gasteiger partial charge in [0.25, 0.3) is 0 Å². The van der Waals surface area contributed by atoms with Crippen LogP contribution in [0.3, 0.4) is 0 Å². The molecule has 0 radical (unpaired) electrons. The molecule has 21 heavy (non-hydrogen) atoms. The van der Waals surface area contributed by atoms with Crippen molar-refractivity contribution in [1.29, 1.82) is 0 Å². The molecule has 0 amide bonds. The predicted octanol–water partition coefficient (Wildman–Crippen LogP) is 3.96. The molecule has 1 heterocycles. The van der Waals surface area contributed by atoms with Gasteiger partial charge in [-0.3, -0.25) is 4.84 Å². The Morgan fingerprint density at radius 3 is 2.52 bits per heavy atom. The number of ether oxygens (including phenoxy) is 1. The minimum atomic E-state index is 0.713. The summed E-state index contributed by atoms with van der Waals surface area (Å²) < 4.78 is 5.18. The molecule has 0 fully saturated rings. The summed E-state index contributed by atoms with van der Waals surface area (Å²) >= 11 is 0. The van der Waals surface area contributed by atoms with Crippen molar-refractivity contribution >= 4 is 5.69 Å². The van der Waals surface area contributed by atoms with E-state index in [9.17, 15) is 0 Å². The van der Waals surface area contributed by atoms with Gasteiger partial charge in [-0.1, -0.05) is 30.3 Å². The average molecular weight is 281 g/mol. The molecule has 0 saturated carbocycles. The van der Waals surface area contributed by atoms with Gasteiger partial charge in [0.2, 0.25) is 0 Å². The Hall–Kier alpha value is -2.26. The summed E-state index contributed by atoms with van der Waals surface area (Å²) in [5.74, 6) is 0.851. The van der Waals surface area contributed by atoms with E-state index in [1.54, 1.807) is 7.11 Å². The maximum Gasteiger partial charge on any atom is 0.119 e. The summed E-state index contributed by atoms with van der Waals surface area (Å²) in [5, 5.41) is 1.85. The molecule has 0 N–H and O–H groups in total. The normalized spacial score (nSPS) is 14.7. The van der Waals surface area contributed by atoms with Crippen LogP contribution in [-0.2, 0) is 11.3 Å². The Labute approximate surface area is 125 Å². The van der Waals surface area contributed by atoms with Crippen molar-refractivity contribution in [3.05, 3.63) is 71.9 Å². The molecule has 1 aliphatic heterocycles. The topological polar surface area (TPSA) is 21.7 Å². The van der Waals surface area contributed by atoms with E-state index in [0.717, 1.165) is 24.3 Å². The molecule has 1 aliphatic rings. The second-order valence-electron chi connectivity index (χ2n) is 5.06. The van der Waals surface area contributed by atoms with E-state index in [2.05, 4.69) is 30.5 Å². The van der Waals surface area contributed by atoms with Gasteiger partial charge in [-0.25, -0.2) is 5.06 Å². The summed E-state index contributed by atoms with van der Waals surface area (Å²) in [6.07, 6.45) is 4.04. The maximum absolute atomic E-state index is 5.72. The third-order valence-electron chi connectivity index (χ3n) is 3.55. The molecule has 0 spiro atoms. The fraction of sp³-hybridized carbons (Fsp3) is 0.222. The Morgan fingerprint density at radius 1 is 1.05 bits per heavy atom. The molecule has 2 aromatic rings. The van der Waals surface area contributed by atoms with Crippen LogP contribution in [0.25, 0.3) is 0 Å². The zero-order valence-corrected chi connectivity index (χ0v) is 12.2. The van der Waals surface area contributed by atoms with E-state index >= 15 is 0 Å². The van der Waals surface area contributed by atoms with Gasteiger partial charge in [0.15, 0.2) is 0 Å². The highest BCUT2D eigenvalue weighted by Gasteiger charge is 2.13. The van der Waals surface area contributed by atoms with E-state index in [1.165, 1.54) is 11.1 Å². The van der Waals surface area contributed by atoms with Crippen LogP contribution < -0.4 is 9.80 Å². The van der Waals surface area contributed by atoms with Gasteiger partial charge in [0, 0.05) is 6.20 Å². The van der Waals surface area contributed by atoms with Crippen LogP contribution in [0, 0.1) is 0 Å². The second-order valence-corrected chi connectivity index (χ2v) is 5.06. The molecule has 0 unspecified atom stereocenters. The van der Waals surface area contributed by atoms with Crippen molar-refractivity contribution < 1.29 is 9.57 Å². The van der Waals surface area contributed by atoms with Crippen molar-refractivity contribution in [3.8, 4) is 5.75 Å². The lowest BCUT2D eigenvalue weighted by molar-refractivity contribution is 0.123. The van der Waals surface area contributed by atoms with Gasteiger partial charge in [0.1, 0.15) is 5.75 Å². The lowest BCUT2D eigenvalue weighted by Crippen LogP contribution is -2.23. The monoisotopic (exact) mass is 281 g/mol. The summed E-state index contributed by atoms with van der Waals surface area (Å²) in [7, 11) is 1.67. The smallest absolute Gasteiger partial charge is 0.119 e. The van der Waals surface area contributed by atoms with Gasteiger partial charge < -0.3 is 4.74 Å². The van der Waals surface area contributed by atoms with E-state index in [-0.39, 0.29) is 0 Å². The minimum absolute atomic E-state index is 0.713. The van der Waals surface area contributed by atoms with Gasteiger partial charge in [-0.05, 0) is 48.2 Å². The number of hydrogen-bond donors (Lipinski definition) is 0. The first-order chi connectivity index (χ1) is 10.3. The Bertz CT molecular complexity index is 605. The summed E-state index contributed by atoms with van der Waals surface area (Å²) in [4.78, 5) is 5.72. The number of hydrogen-bond acceptors (Lipinski definition) is 3. The van der Waals surface area contributed by atoms with E-state index in [4.69, 9.17) is 9.57 Å². The molecule has 0 atom stereocenters. The van der Waals surface area contributed by atoms with Crippen LogP contribution in [-0.4, -0.2) is 13.7 Å². The van der Waals surface area contributed by atoms with E-state index in [0.29, 0.717) is 6.61 Å². The van der Waals surface area contributed by atoms with Crippen molar-refractivity contribution in [2.24, 2.45) is 0 Å². The van der Waals surface area contributed by atoms with Crippen molar-refractivity contribution in [1.82, 2.24) is 0 Å².